The Morgan fingerprint density at radius 2 is 1.96 bits per heavy atom. The van der Waals surface area contributed by atoms with E-state index in [1.54, 1.807) is 6.20 Å². The monoisotopic (exact) mass is 349 g/mol. The van der Waals surface area contributed by atoms with Crippen molar-refractivity contribution in [1.29, 1.82) is 0 Å². The molecule has 7 heteroatoms. The molecule has 0 unspecified atom stereocenters. The largest absolute Gasteiger partial charge is 0.332 e. The lowest BCUT2D eigenvalue weighted by atomic mass is 10.2. The molecule has 1 aliphatic heterocycles. The summed E-state index contributed by atoms with van der Waals surface area (Å²) in [6.45, 7) is 6.23. The van der Waals surface area contributed by atoms with Gasteiger partial charge in [0.2, 0.25) is 5.95 Å². The summed E-state index contributed by atoms with van der Waals surface area (Å²) in [5, 5.41) is 0. The van der Waals surface area contributed by atoms with Gasteiger partial charge in [0.25, 0.3) is 0 Å². The number of anilines is 1. The fourth-order valence-corrected chi connectivity index (χ4v) is 3.24. The van der Waals surface area contributed by atoms with Crippen LogP contribution < -0.4 is 4.90 Å². The van der Waals surface area contributed by atoms with Crippen LogP contribution >= 0.6 is 0 Å². The number of fused-ring (bicyclic) bond motifs is 1. The van der Waals surface area contributed by atoms with E-state index in [9.17, 15) is 0 Å². The Morgan fingerprint density at radius 3 is 2.73 bits per heavy atom. The molecule has 4 rings (SSSR count). The highest BCUT2D eigenvalue weighted by atomic mass is 15.3. The van der Waals surface area contributed by atoms with Gasteiger partial charge in [-0.15, -0.1) is 0 Å². The summed E-state index contributed by atoms with van der Waals surface area (Å²) < 4.78 is 2.25. The molecule has 0 N–H and O–H groups in total. The van der Waals surface area contributed by atoms with Gasteiger partial charge in [-0.25, -0.2) is 15.0 Å². The van der Waals surface area contributed by atoms with Gasteiger partial charge in [-0.05, 0) is 31.2 Å². The third-order valence-electron chi connectivity index (χ3n) is 4.51. The molecule has 0 saturated heterocycles. The number of nitrogens with zero attached hydrogens (tertiary/aromatic N) is 7. The summed E-state index contributed by atoms with van der Waals surface area (Å²) in [6.07, 6.45) is 9.61. The van der Waals surface area contributed by atoms with Gasteiger partial charge in [-0.2, -0.15) is 0 Å². The second-order valence-corrected chi connectivity index (χ2v) is 6.86. The first-order valence-corrected chi connectivity index (χ1v) is 8.83. The predicted octanol–water partition coefficient (Wildman–Crippen LogP) is 2.03. The highest BCUT2D eigenvalue weighted by Crippen LogP contribution is 2.18. The molecule has 134 valence electrons. The van der Waals surface area contributed by atoms with E-state index in [-0.39, 0.29) is 0 Å². The van der Waals surface area contributed by atoms with Gasteiger partial charge in [-0.3, -0.25) is 9.88 Å². The average Bonchev–Trinajstić information content (AvgIpc) is 3.04. The fraction of sp³-hybridized carbons (Fsp3) is 0.368. The van der Waals surface area contributed by atoms with Crippen molar-refractivity contribution in [1.82, 2.24) is 29.4 Å². The molecule has 4 heterocycles. The Bertz CT molecular complexity index is 857. The van der Waals surface area contributed by atoms with Crippen LogP contribution in [0, 0.1) is 6.92 Å². The zero-order valence-electron chi connectivity index (χ0n) is 15.2. The molecule has 0 aliphatic carbocycles. The third-order valence-corrected chi connectivity index (χ3v) is 4.51. The van der Waals surface area contributed by atoms with Gasteiger partial charge in [0.05, 0.1) is 12.2 Å². The van der Waals surface area contributed by atoms with Crippen LogP contribution in [0.25, 0.3) is 0 Å². The second-order valence-electron chi connectivity index (χ2n) is 6.86. The van der Waals surface area contributed by atoms with Crippen LogP contribution in [0.5, 0.6) is 0 Å². The van der Waals surface area contributed by atoms with E-state index in [0.717, 1.165) is 55.8 Å². The first kappa shape index (κ1) is 16.7. The molecule has 0 bridgehead atoms. The molecule has 0 radical (unpaired) electrons. The van der Waals surface area contributed by atoms with Crippen LogP contribution in [0.4, 0.5) is 5.95 Å². The molecule has 7 nitrogen and oxygen atoms in total. The van der Waals surface area contributed by atoms with Crippen molar-refractivity contribution in [3.8, 4) is 0 Å². The van der Waals surface area contributed by atoms with E-state index in [1.807, 2.05) is 31.6 Å². The molecule has 26 heavy (non-hydrogen) atoms. The summed E-state index contributed by atoms with van der Waals surface area (Å²) in [5.41, 5.74) is 3.38. The highest BCUT2D eigenvalue weighted by molar-refractivity contribution is 5.31. The molecular formula is C19H23N7. The maximum absolute atomic E-state index is 4.83. The maximum Gasteiger partial charge on any atom is 0.225 e. The number of rotatable bonds is 5. The molecule has 1 aliphatic rings. The van der Waals surface area contributed by atoms with E-state index >= 15 is 0 Å². The van der Waals surface area contributed by atoms with Crippen LogP contribution in [0.1, 0.15) is 22.6 Å². The van der Waals surface area contributed by atoms with Crippen LogP contribution in [-0.2, 0) is 26.2 Å². The van der Waals surface area contributed by atoms with Gasteiger partial charge >= 0.3 is 0 Å². The molecule has 0 fully saturated rings. The van der Waals surface area contributed by atoms with Crippen molar-refractivity contribution in [2.45, 2.75) is 33.1 Å². The lowest BCUT2D eigenvalue weighted by molar-refractivity contribution is 0.315. The van der Waals surface area contributed by atoms with Crippen molar-refractivity contribution in [2.24, 2.45) is 0 Å². The summed E-state index contributed by atoms with van der Waals surface area (Å²) >= 11 is 0. The fourth-order valence-electron chi connectivity index (χ4n) is 3.24. The molecule has 0 saturated carbocycles. The van der Waals surface area contributed by atoms with Gasteiger partial charge in [0.15, 0.2) is 0 Å². The normalized spacial score (nSPS) is 13.9. The molecule has 0 atom stereocenters. The van der Waals surface area contributed by atoms with Crippen molar-refractivity contribution in [2.75, 3.05) is 18.5 Å². The van der Waals surface area contributed by atoms with Crippen molar-refractivity contribution >= 4 is 5.95 Å². The average molecular weight is 349 g/mol. The summed E-state index contributed by atoms with van der Waals surface area (Å²) in [6, 6.07) is 4.07. The van der Waals surface area contributed by atoms with Crippen LogP contribution in [0.15, 0.2) is 43.1 Å². The van der Waals surface area contributed by atoms with Crippen molar-refractivity contribution < 1.29 is 0 Å². The summed E-state index contributed by atoms with van der Waals surface area (Å²) in [7, 11) is 2.11. The number of hydrogen-bond donors (Lipinski definition) is 0. The smallest absolute Gasteiger partial charge is 0.225 e. The number of pyridine rings is 1. The van der Waals surface area contributed by atoms with Crippen molar-refractivity contribution in [3.63, 3.8) is 0 Å². The minimum absolute atomic E-state index is 0.745. The number of imidazole rings is 1. The molecule has 0 amide bonds. The first-order valence-electron chi connectivity index (χ1n) is 8.83. The zero-order chi connectivity index (χ0) is 17.9. The first-order chi connectivity index (χ1) is 12.7. The molecule has 3 aromatic rings. The minimum Gasteiger partial charge on any atom is -0.332 e. The van der Waals surface area contributed by atoms with Gasteiger partial charge in [0.1, 0.15) is 5.82 Å². The van der Waals surface area contributed by atoms with Crippen LogP contribution in [0.3, 0.4) is 0 Å². The highest BCUT2D eigenvalue weighted by Gasteiger charge is 2.20. The van der Waals surface area contributed by atoms with Gasteiger partial charge in [0, 0.05) is 57.2 Å². The quantitative estimate of drug-likeness (QED) is 0.702. The van der Waals surface area contributed by atoms with Crippen molar-refractivity contribution in [3.05, 3.63) is 65.8 Å². The van der Waals surface area contributed by atoms with E-state index < -0.39 is 0 Å². The van der Waals surface area contributed by atoms with E-state index in [2.05, 4.69) is 48.6 Å². The summed E-state index contributed by atoms with van der Waals surface area (Å²) in [5.74, 6) is 1.85. The van der Waals surface area contributed by atoms with Gasteiger partial charge < -0.3 is 9.47 Å². The van der Waals surface area contributed by atoms with Gasteiger partial charge in [-0.1, -0.05) is 6.07 Å². The van der Waals surface area contributed by atoms with Crippen LogP contribution in [0.2, 0.25) is 0 Å². The standard InChI is InChI=1S/C19H23N7/c1-15-8-21-19(22-9-15)26-7-6-25-13-17(23-18(25)14-26)12-24(2)11-16-4-3-5-20-10-16/h3-5,8-10,13H,6-7,11-12,14H2,1-2H3. The van der Waals surface area contributed by atoms with E-state index in [4.69, 9.17) is 4.98 Å². The Labute approximate surface area is 153 Å². The third kappa shape index (κ3) is 3.72. The number of aromatic nitrogens is 5. The lowest BCUT2D eigenvalue weighted by Gasteiger charge is -2.27. The topological polar surface area (TPSA) is 63.0 Å². The number of aryl methyl sites for hydroxylation is 1. The minimum atomic E-state index is 0.745. The van der Waals surface area contributed by atoms with E-state index in [1.165, 1.54) is 5.56 Å². The Balaban J connectivity index is 1.41. The predicted molar refractivity (Wildman–Crippen MR) is 99.5 cm³/mol. The SMILES string of the molecule is Cc1cnc(N2CCn3cc(CN(C)Cc4cccnc4)nc3C2)nc1. The molecule has 0 aromatic carbocycles. The Morgan fingerprint density at radius 1 is 1.12 bits per heavy atom. The van der Waals surface area contributed by atoms with E-state index in [0.29, 0.717) is 0 Å². The lowest BCUT2D eigenvalue weighted by Crippen LogP contribution is -2.34. The molecular weight excluding hydrogens is 326 g/mol. The Hall–Kier alpha value is -2.80. The maximum atomic E-state index is 4.83. The molecule has 3 aromatic heterocycles. The van der Waals surface area contributed by atoms with Crippen LogP contribution in [-0.4, -0.2) is 43.0 Å². The second kappa shape index (κ2) is 7.21. The summed E-state index contributed by atoms with van der Waals surface area (Å²) in [4.78, 5) is 22.3. The zero-order valence-corrected chi connectivity index (χ0v) is 15.2. The number of hydrogen-bond acceptors (Lipinski definition) is 6. The Kier molecular flexibility index (Phi) is 4.62. The molecule has 0 spiro atoms.